The summed E-state index contributed by atoms with van der Waals surface area (Å²) in [5.41, 5.74) is 0.198. The molecule has 6 nitrogen and oxygen atoms in total. The predicted molar refractivity (Wildman–Crippen MR) is 76.1 cm³/mol. The van der Waals surface area contributed by atoms with Gasteiger partial charge < -0.3 is 9.47 Å². The molecule has 0 saturated heterocycles. The van der Waals surface area contributed by atoms with Crippen LogP contribution in [-0.2, 0) is 0 Å². The van der Waals surface area contributed by atoms with Crippen LogP contribution < -0.4 is 9.47 Å². The van der Waals surface area contributed by atoms with E-state index in [2.05, 4.69) is 0 Å². The minimum absolute atomic E-state index is 0.0744. The zero-order valence-electron chi connectivity index (χ0n) is 11.5. The number of hydrogen-bond donors (Lipinski definition) is 0. The van der Waals surface area contributed by atoms with Crippen molar-refractivity contribution in [3.8, 4) is 11.5 Å². The molecule has 0 unspecified atom stereocenters. The minimum Gasteiger partial charge on any atom is -0.496 e. The molecule has 2 aromatic rings. The molecule has 0 fully saturated rings. The topological polar surface area (TPSA) is 78.7 Å². The minimum atomic E-state index is -0.608. The largest absolute Gasteiger partial charge is 0.496 e. The number of hydrogen-bond acceptors (Lipinski definition) is 5. The van der Waals surface area contributed by atoms with Gasteiger partial charge in [0.05, 0.1) is 30.8 Å². The Morgan fingerprint density at radius 1 is 1.10 bits per heavy atom. The zero-order valence-corrected chi connectivity index (χ0v) is 11.5. The quantitative estimate of drug-likeness (QED) is 0.480. The summed E-state index contributed by atoms with van der Waals surface area (Å²) in [6.07, 6.45) is 0. The molecule has 0 heterocycles. The van der Waals surface area contributed by atoms with Crippen molar-refractivity contribution >= 4 is 11.5 Å². The summed E-state index contributed by atoms with van der Waals surface area (Å²) in [6, 6.07) is 11.1. The second-order valence-electron chi connectivity index (χ2n) is 4.18. The monoisotopic (exact) mass is 287 g/mol. The van der Waals surface area contributed by atoms with Crippen LogP contribution in [0.1, 0.15) is 15.9 Å². The summed E-state index contributed by atoms with van der Waals surface area (Å²) in [6.45, 7) is 0. The number of ketones is 1. The Bertz CT molecular complexity index is 682. The van der Waals surface area contributed by atoms with Crippen molar-refractivity contribution in [2.75, 3.05) is 14.2 Å². The van der Waals surface area contributed by atoms with Crippen molar-refractivity contribution in [1.82, 2.24) is 0 Å². The molecule has 2 aromatic carbocycles. The molecule has 0 aromatic heterocycles. The fraction of sp³-hybridized carbons (Fsp3) is 0.133. The molecule has 0 aliphatic carbocycles. The summed E-state index contributed by atoms with van der Waals surface area (Å²) < 4.78 is 10.1. The highest BCUT2D eigenvalue weighted by molar-refractivity contribution is 6.11. The molecule has 21 heavy (non-hydrogen) atoms. The van der Waals surface area contributed by atoms with E-state index in [1.807, 2.05) is 0 Å². The molecule has 108 valence electrons. The fourth-order valence-electron chi connectivity index (χ4n) is 1.97. The molecular weight excluding hydrogens is 274 g/mol. The third-order valence-electron chi connectivity index (χ3n) is 2.96. The molecule has 0 atom stereocenters. The van der Waals surface area contributed by atoms with Crippen molar-refractivity contribution in [1.29, 1.82) is 0 Å². The van der Waals surface area contributed by atoms with Gasteiger partial charge in [0.25, 0.3) is 0 Å². The van der Waals surface area contributed by atoms with Crippen LogP contribution in [0, 0.1) is 10.1 Å². The van der Waals surface area contributed by atoms with E-state index in [0.717, 1.165) is 0 Å². The molecule has 0 saturated carbocycles. The predicted octanol–water partition coefficient (Wildman–Crippen LogP) is 2.84. The Balaban J connectivity index is 2.64. The van der Waals surface area contributed by atoms with Crippen LogP contribution in [0.25, 0.3) is 0 Å². The van der Waals surface area contributed by atoms with Crippen LogP contribution in [0.5, 0.6) is 11.5 Å². The molecule has 0 N–H and O–H groups in total. The first kappa shape index (κ1) is 14.5. The Morgan fingerprint density at radius 2 is 1.76 bits per heavy atom. The van der Waals surface area contributed by atoms with E-state index < -0.39 is 4.92 Å². The maximum absolute atomic E-state index is 12.5. The average molecular weight is 287 g/mol. The molecule has 0 radical (unpaired) electrons. The summed E-state index contributed by atoms with van der Waals surface area (Å²) in [4.78, 5) is 23.0. The van der Waals surface area contributed by atoms with E-state index in [-0.39, 0.29) is 28.5 Å². The van der Waals surface area contributed by atoms with Crippen LogP contribution in [-0.4, -0.2) is 24.9 Å². The number of nitro benzene ring substituents is 1. The number of methoxy groups -OCH3 is 2. The van der Waals surface area contributed by atoms with Gasteiger partial charge in [0.2, 0.25) is 5.75 Å². The lowest BCUT2D eigenvalue weighted by molar-refractivity contribution is -0.385. The molecule has 0 amide bonds. The van der Waals surface area contributed by atoms with Gasteiger partial charge in [0, 0.05) is 5.56 Å². The average Bonchev–Trinajstić information content (AvgIpc) is 2.53. The van der Waals surface area contributed by atoms with E-state index in [1.54, 1.807) is 30.3 Å². The lowest BCUT2D eigenvalue weighted by Crippen LogP contribution is -2.06. The number of nitro groups is 1. The van der Waals surface area contributed by atoms with Crippen molar-refractivity contribution < 1.29 is 19.2 Å². The maximum atomic E-state index is 12.5. The van der Waals surface area contributed by atoms with Crippen LogP contribution >= 0.6 is 0 Å². The van der Waals surface area contributed by atoms with E-state index in [0.29, 0.717) is 5.56 Å². The second kappa shape index (κ2) is 6.04. The Kier molecular flexibility index (Phi) is 4.18. The number of benzene rings is 2. The zero-order chi connectivity index (χ0) is 15.4. The Morgan fingerprint density at radius 3 is 2.29 bits per heavy atom. The molecule has 0 bridgehead atoms. The summed E-state index contributed by atoms with van der Waals surface area (Å²) in [7, 11) is 2.67. The first-order valence-corrected chi connectivity index (χ1v) is 6.08. The summed E-state index contributed by atoms with van der Waals surface area (Å²) >= 11 is 0. The number of carbonyl (C=O) groups is 1. The van der Waals surface area contributed by atoms with Gasteiger partial charge in [-0.2, -0.15) is 0 Å². The van der Waals surface area contributed by atoms with E-state index in [4.69, 9.17) is 9.47 Å². The molecule has 0 aliphatic rings. The third kappa shape index (κ3) is 2.84. The number of nitrogens with zero attached hydrogens (tertiary/aromatic N) is 1. The SMILES string of the molecule is COc1cc(C(=O)c2ccccc2)c(OC)c([N+](=O)[O-])c1. The standard InChI is InChI=1S/C15H13NO5/c1-20-11-8-12(14(17)10-6-4-3-5-7-10)15(21-2)13(9-11)16(18)19/h3-9H,1-2H3. The van der Waals surface area contributed by atoms with Crippen molar-refractivity contribution in [3.05, 3.63) is 63.7 Å². The highest BCUT2D eigenvalue weighted by Gasteiger charge is 2.25. The van der Waals surface area contributed by atoms with Gasteiger partial charge in [0.1, 0.15) is 5.75 Å². The molecule has 2 rings (SSSR count). The molecule has 0 spiro atoms. The highest BCUT2D eigenvalue weighted by atomic mass is 16.6. The van der Waals surface area contributed by atoms with Crippen LogP contribution in [0.15, 0.2) is 42.5 Å². The number of carbonyl (C=O) groups excluding carboxylic acids is 1. The first-order valence-electron chi connectivity index (χ1n) is 6.08. The smallest absolute Gasteiger partial charge is 0.315 e. The number of rotatable bonds is 5. The van der Waals surface area contributed by atoms with Crippen LogP contribution in [0.2, 0.25) is 0 Å². The highest BCUT2D eigenvalue weighted by Crippen LogP contribution is 2.36. The van der Waals surface area contributed by atoms with Crippen molar-refractivity contribution in [3.63, 3.8) is 0 Å². The van der Waals surface area contributed by atoms with Crippen molar-refractivity contribution in [2.24, 2.45) is 0 Å². The van der Waals surface area contributed by atoms with Crippen molar-refractivity contribution in [2.45, 2.75) is 0 Å². The summed E-state index contributed by atoms with van der Waals surface area (Å²) in [5, 5.41) is 11.1. The van der Waals surface area contributed by atoms with Gasteiger partial charge >= 0.3 is 5.69 Å². The fourth-order valence-corrected chi connectivity index (χ4v) is 1.97. The van der Waals surface area contributed by atoms with Gasteiger partial charge in [-0.05, 0) is 6.07 Å². The van der Waals surface area contributed by atoms with E-state index >= 15 is 0 Å². The first-order chi connectivity index (χ1) is 10.1. The number of ether oxygens (including phenoxy) is 2. The van der Waals surface area contributed by atoms with Gasteiger partial charge in [-0.25, -0.2) is 0 Å². The molecule has 6 heteroatoms. The van der Waals surface area contributed by atoms with Gasteiger partial charge in [-0.15, -0.1) is 0 Å². The molecular formula is C15H13NO5. The second-order valence-corrected chi connectivity index (χ2v) is 4.18. The van der Waals surface area contributed by atoms with E-state index in [9.17, 15) is 14.9 Å². The lowest BCUT2D eigenvalue weighted by Gasteiger charge is -2.10. The van der Waals surface area contributed by atoms with E-state index in [1.165, 1.54) is 26.4 Å². The van der Waals surface area contributed by atoms with Crippen LogP contribution in [0.4, 0.5) is 5.69 Å². The third-order valence-corrected chi connectivity index (χ3v) is 2.96. The van der Waals surface area contributed by atoms with Gasteiger partial charge in [0.15, 0.2) is 5.78 Å². The molecule has 0 aliphatic heterocycles. The Hall–Kier alpha value is -2.89. The maximum Gasteiger partial charge on any atom is 0.315 e. The van der Waals surface area contributed by atoms with Gasteiger partial charge in [-0.3, -0.25) is 14.9 Å². The van der Waals surface area contributed by atoms with Gasteiger partial charge in [-0.1, -0.05) is 30.3 Å². The Labute approximate surface area is 121 Å². The lowest BCUT2D eigenvalue weighted by atomic mass is 10.0. The van der Waals surface area contributed by atoms with Crippen LogP contribution in [0.3, 0.4) is 0 Å². The normalized spacial score (nSPS) is 10.0. The summed E-state index contributed by atoms with van der Waals surface area (Å²) in [5.74, 6) is -0.217.